The van der Waals surface area contributed by atoms with Crippen molar-refractivity contribution in [3.8, 4) is 28.7 Å². The summed E-state index contributed by atoms with van der Waals surface area (Å²) in [7, 11) is 2.79. The Labute approximate surface area is 191 Å². The molecule has 1 aliphatic heterocycles. The van der Waals surface area contributed by atoms with Crippen molar-refractivity contribution in [3.05, 3.63) is 45.1 Å². The standard InChI is InChI=1S/C26H28O7/c1-13(2)8-7-9-15-22-14(10-11-26(3,4)33-22)19(27)18-20(28)16-12-17(30-5)25(31-6)21(29)24(16)32-23(15)18/h8,10-12,27,29H,7,9H2,1-6H3. The van der Waals surface area contributed by atoms with E-state index in [2.05, 4.69) is 6.08 Å². The van der Waals surface area contributed by atoms with Crippen molar-refractivity contribution in [2.45, 2.75) is 46.1 Å². The number of methoxy groups -OCH3 is 2. The molecule has 1 aliphatic rings. The number of allylic oxidation sites excluding steroid dienone is 2. The minimum atomic E-state index is -0.603. The van der Waals surface area contributed by atoms with Gasteiger partial charge in [0.15, 0.2) is 11.3 Å². The highest BCUT2D eigenvalue weighted by atomic mass is 16.5. The van der Waals surface area contributed by atoms with Gasteiger partial charge in [-0.3, -0.25) is 4.79 Å². The van der Waals surface area contributed by atoms with Gasteiger partial charge in [-0.25, -0.2) is 0 Å². The molecule has 7 heteroatoms. The Morgan fingerprint density at radius 3 is 2.48 bits per heavy atom. The van der Waals surface area contributed by atoms with Crippen LogP contribution in [0.1, 0.15) is 45.2 Å². The van der Waals surface area contributed by atoms with Gasteiger partial charge in [-0.1, -0.05) is 11.6 Å². The average molecular weight is 453 g/mol. The first kappa shape index (κ1) is 22.6. The molecule has 4 rings (SSSR count). The zero-order valence-electron chi connectivity index (χ0n) is 19.7. The Kier molecular flexibility index (Phi) is 5.52. The number of benzene rings is 2. The Balaban J connectivity index is 2.15. The van der Waals surface area contributed by atoms with Gasteiger partial charge in [0.05, 0.1) is 25.2 Å². The molecule has 3 aromatic rings. The molecule has 174 valence electrons. The quantitative estimate of drug-likeness (QED) is 0.392. The molecule has 33 heavy (non-hydrogen) atoms. The zero-order chi connectivity index (χ0) is 24.1. The molecule has 2 aromatic carbocycles. The predicted octanol–water partition coefficient (Wildman–Crippen LogP) is 5.46. The summed E-state index contributed by atoms with van der Waals surface area (Å²) in [5, 5.41) is 22.1. The summed E-state index contributed by atoms with van der Waals surface area (Å²) >= 11 is 0. The summed E-state index contributed by atoms with van der Waals surface area (Å²) in [6.07, 6.45) is 6.88. The van der Waals surface area contributed by atoms with E-state index in [0.717, 1.165) is 5.57 Å². The van der Waals surface area contributed by atoms with E-state index in [0.29, 0.717) is 29.7 Å². The molecule has 7 nitrogen and oxygen atoms in total. The Morgan fingerprint density at radius 2 is 1.85 bits per heavy atom. The lowest BCUT2D eigenvalue weighted by Crippen LogP contribution is -2.28. The third kappa shape index (κ3) is 3.67. The first-order chi connectivity index (χ1) is 15.6. The van der Waals surface area contributed by atoms with Gasteiger partial charge in [0, 0.05) is 5.56 Å². The van der Waals surface area contributed by atoms with Crippen molar-refractivity contribution in [1.29, 1.82) is 0 Å². The lowest BCUT2D eigenvalue weighted by molar-refractivity contribution is 0.156. The molecule has 0 radical (unpaired) electrons. The maximum Gasteiger partial charge on any atom is 0.207 e. The van der Waals surface area contributed by atoms with E-state index in [9.17, 15) is 15.0 Å². The normalized spacial score (nSPS) is 14.1. The molecule has 2 N–H and O–H groups in total. The zero-order valence-corrected chi connectivity index (χ0v) is 19.7. The second-order valence-corrected chi connectivity index (χ2v) is 8.90. The van der Waals surface area contributed by atoms with Crippen LogP contribution in [0.5, 0.6) is 28.7 Å². The molecule has 0 fully saturated rings. The lowest BCUT2D eigenvalue weighted by atomic mass is 9.93. The van der Waals surface area contributed by atoms with Crippen molar-refractivity contribution in [3.63, 3.8) is 0 Å². The van der Waals surface area contributed by atoms with Crippen molar-refractivity contribution in [1.82, 2.24) is 0 Å². The largest absolute Gasteiger partial charge is 0.506 e. The molecule has 0 atom stereocenters. The molecule has 0 unspecified atom stereocenters. The van der Waals surface area contributed by atoms with Crippen LogP contribution in [0.15, 0.2) is 33.0 Å². The summed E-state index contributed by atoms with van der Waals surface area (Å²) in [6.45, 7) is 7.84. The van der Waals surface area contributed by atoms with Gasteiger partial charge < -0.3 is 28.8 Å². The van der Waals surface area contributed by atoms with Crippen LogP contribution in [0.25, 0.3) is 28.0 Å². The number of rotatable bonds is 5. The van der Waals surface area contributed by atoms with Crippen LogP contribution in [-0.2, 0) is 6.42 Å². The van der Waals surface area contributed by atoms with Gasteiger partial charge in [-0.2, -0.15) is 0 Å². The Hall–Kier alpha value is -3.61. The van der Waals surface area contributed by atoms with Gasteiger partial charge in [0.2, 0.25) is 16.9 Å². The van der Waals surface area contributed by atoms with Gasteiger partial charge in [0.1, 0.15) is 28.1 Å². The van der Waals surface area contributed by atoms with Crippen LogP contribution in [0.2, 0.25) is 0 Å². The molecule has 0 spiro atoms. The van der Waals surface area contributed by atoms with E-state index < -0.39 is 11.0 Å². The van der Waals surface area contributed by atoms with Crippen LogP contribution < -0.4 is 19.6 Å². The number of phenols is 2. The fourth-order valence-corrected chi connectivity index (χ4v) is 4.14. The van der Waals surface area contributed by atoms with E-state index in [1.54, 1.807) is 6.08 Å². The number of aromatic hydroxyl groups is 2. The molecular formula is C26H28O7. The van der Waals surface area contributed by atoms with Crippen LogP contribution in [0.3, 0.4) is 0 Å². The number of fused-ring (bicyclic) bond motifs is 3. The Morgan fingerprint density at radius 1 is 1.12 bits per heavy atom. The van der Waals surface area contributed by atoms with Crippen molar-refractivity contribution >= 4 is 28.0 Å². The van der Waals surface area contributed by atoms with Crippen LogP contribution in [0, 0.1) is 0 Å². The minimum absolute atomic E-state index is 0.0352. The highest BCUT2D eigenvalue weighted by Gasteiger charge is 2.31. The summed E-state index contributed by atoms with van der Waals surface area (Å²) < 4.78 is 22.9. The van der Waals surface area contributed by atoms with Gasteiger partial charge in [0.25, 0.3) is 0 Å². The summed E-state index contributed by atoms with van der Waals surface area (Å²) in [5.74, 6) is 0.140. The number of hydrogen-bond donors (Lipinski definition) is 2. The maximum absolute atomic E-state index is 13.6. The molecule has 0 bridgehead atoms. The van der Waals surface area contributed by atoms with Crippen molar-refractivity contribution in [2.75, 3.05) is 14.2 Å². The second kappa shape index (κ2) is 8.06. The van der Waals surface area contributed by atoms with Crippen LogP contribution in [-0.4, -0.2) is 30.0 Å². The van der Waals surface area contributed by atoms with E-state index in [1.807, 2.05) is 33.8 Å². The smallest absolute Gasteiger partial charge is 0.207 e. The van der Waals surface area contributed by atoms with Gasteiger partial charge >= 0.3 is 0 Å². The lowest BCUT2D eigenvalue weighted by Gasteiger charge is -2.30. The van der Waals surface area contributed by atoms with E-state index >= 15 is 0 Å². The number of phenolic OH excluding ortho intramolecular Hbond substituents is 2. The maximum atomic E-state index is 13.6. The molecule has 1 aromatic heterocycles. The minimum Gasteiger partial charge on any atom is -0.506 e. The van der Waals surface area contributed by atoms with Crippen molar-refractivity contribution in [2.24, 2.45) is 0 Å². The summed E-state index contributed by atoms with van der Waals surface area (Å²) in [5.41, 5.74) is 1.30. The van der Waals surface area contributed by atoms with E-state index in [4.69, 9.17) is 18.6 Å². The third-order valence-corrected chi connectivity index (χ3v) is 5.75. The monoisotopic (exact) mass is 452 g/mol. The highest BCUT2D eigenvalue weighted by Crippen LogP contribution is 2.48. The van der Waals surface area contributed by atoms with Crippen molar-refractivity contribution < 1.29 is 28.8 Å². The third-order valence-electron chi connectivity index (χ3n) is 5.75. The fraction of sp³-hybridized carbons (Fsp3) is 0.346. The SMILES string of the molecule is COc1cc2c(=O)c3c(O)c4c(c(CCC=C(C)C)c3oc2c(O)c1OC)OC(C)(C)C=C4. The molecule has 0 saturated heterocycles. The number of hydrogen-bond acceptors (Lipinski definition) is 7. The fourth-order valence-electron chi connectivity index (χ4n) is 4.14. The molecule has 2 heterocycles. The van der Waals surface area contributed by atoms with Crippen LogP contribution >= 0.6 is 0 Å². The first-order valence-corrected chi connectivity index (χ1v) is 10.7. The molecule has 0 saturated carbocycles. The average Bonchev–Trinajstić information content (AvgIpc) is 2.75. The summed E-state index contributed by atoms with van der Waals surface area (Å²) in [6, 6.07) is 1.44. The number of aryl methyl sites for hydroxylation is 1. The number of ether oxygens (including phenoxy) is 3. The predicted molar refractivity (Wildman–Crippen MR) is 128 cm³/mol. The topological polar surface area (TPSA) is 98.4 Å². The Bertz CT molecular complexity index is 1390. The van der Waals surface area contributed by atoms with Crippen LogP contribution in [0.4, 0.5) is 0 Å². The van der Waals surface area contributed by atoms with E-state index in [1.165, 1.54) is 20.3 Å². The first-order valence-electron chi connectivity index (χ1n) is 10.7. The second-order valence-electron chi connectivity index (χ2n) is 8.90. The molecule has 0 aliphatic carbocycles. The molecule has 0 amide bonds. The highest BCUT2D eigenvalue weighted by molar-refractivity contribution is 6.01. The van der Waals surface area contributed by atoms with Gasteiger partial charge in [-0.05, 0) is 58.8 Å². The van der Waals surface area contributed by atoms with E-state index in [-0.39, 0.29) is 44.9 Å². The molecular weight excluding hydrogens is 424 g/mol. The van der Waals surface area contributed by atoms with Gasteiger partial charge in [-0.15, -0.1) is 0 Å². The summed E-state index contributed by atoms with van der Waals surface area (Å²) in [4.78, 5) is 13.6.